The molecule has 0 radical (unpaired) electrons. The summed E-state index contributed by atoms with van der Waals surface area (Å²) in [6.45, 7) is 6.41. The van der Waals surface area contributed by atoms with Gasteiger partial charge in [0.2, 0.25) is 0 Å². The zero-order valence-corrected chi connectivity index (χ0v) is 20.7. The number of ether oxygens (including phenoxy) is 3. The molecule has 7 nitrogen and oxygen atoms in total. The Bertz CT molecular complexity index is 981. The van der Waals surface area contributed by atoms with Crippen molar-refractivity contribution in [2.45, 2.75) is 76.2 Å². The Labute approximate surface area is 208 Å². The average Bonchev–Trinajstić information content (AvgIpc) is 3.50. The van der Waals surface area contributed by atoms with Crippen molar-refractivity contribution in [3.8, 4) is 11.5 Å². The molecule has 0 spiro atoms. The smallest absolute Gasteiger partial charge is 0.411 e. The minimum absolute atomic E-state index is 0.134. The van der Waals surface area contributed by atoms with Gasteiger partial charge in [0.15, 0.2) is 6.10 Å². The summed E-state index contributed by atoms with van der Waals surface area (Å²) in [6.07, 6.45) is 4.27. The normalized spacial score (nSPS) is 28.0. The minimum Gasteiger partial charge on any atom is -0.494 e. The fourth-order valence-corrected chi connectivity index (χ4v) is 5.60. The standard InChI is InChI=1S/C28H37N3O4/c1-3-15-33-22-10-5-19(6-11-22)26-27(20-7-12-23(13-8-20)34-16-4-2)35-28(32)31(26)21-9-14-24-25(17-21)30-18-29-24/h5-8,10-13,21,24-27,29-30H,3-4,9,14-18H2,1-2H3/t21?,24?,25?,26-,27-/m0/s1. The summed E-state index contributed by atoms with van der Waals surface area (Å²) in [4.78, 5) is 15.4. The molecule has 3 unspecified atom stereocenters. The van der Waals surface area contributed by atoms with E-state index in [0.717, 1.165) is 61.4 Å². The van der Waals surface area contributed by atoms with Gasteiger partial charge >= 0.3 is 6.09 Å². The van der Waals surface area contributed by atoms with Crippen molar-refractivity contribution in [2.24, 2.45) is 0 Å². The van der Waals surface area contributed by atoms with Crippen molar-refractivity contribution < 1.29 is 19.0 Å². The first kappa shape index (κ1) is 23.9. The van der Waals surface area contributed by atoms with E-state index in [-0.39, 0.29) is 24.3 Å². The molecule has 188 valence electrons. The zero-order valence-electron chi connectivity index (χ0n) is 20.7. The topological polar surface area (TPSA) is 72.1 Å². The van der Waals surface area contributed by atoms with Crippen LogP contribution in [0.25, 0.3) is 0 Å². The summed E-state index contributed by atoms with van der Waals surface area (Å²) in [6, 6.07) is 17.0. The Morgan fingerprint density at radius 2 is 1.46 bits per heavy atom. The van der Waals surface area contributed by atoms with Crippen LogP contribution in [0.2, 0.25) is 0 Å². The lowest BCUT2D eigenvalue weighted by Crippen LogP contribution is -2.49. The SMILES string of the molecule is CCCOc1ccc([C@@H]2OC(=O)N(C3CCC4NCNC4C3)[C@H]2c2ccc(OCCC)cc2)cc1. The molecule has 2 N–H and O–H groups in total. The second-order valence-electron chi connectivity index (χ2n) is 9.76. The molecule has 2 aliphatic heterocycles. The Morgan fingerprint density at radius 3 is 2.09 bits per heavy atom. The first-order valence-corrected chi connectivity index (χ1v) is 13.1. The van der Waals surface area contributed by atoms with Crippen molar-refractivity contribution in [3.05, 3.63) is 59.7 Å². The van der Waals surface area contributed by atoms with E-state index < -0.39 is 0 Å². The second kappa shape index (κ2) is 10.9. The third kappa shape index (κ3) is 5.11. The number of cyclic esters (lactones) is 1. The van der Waals surface area contributed by atoms with Gasteiger partial charge in [-0.2, -0.15) is 0 Å². The van der Waals surface area contributed by atoms with Crippen molar-refractivity contribution in [1.29, 1.82) is 0 Å². The Hall–Kier alpha value is -2.77. The molecule has 2 heterocycles. The van der Waals surface area contributed by atoms with E-state index in [4.69, 9.17) is 14.2 Å². The number of rotatable bonds is 9. The molecule has 0 aromatic heterocycles. The third-order valence-corrected chi connectivity index (χ3v) is 7.35. The Morgan fingerprint density at radius 1 is 0.857 bits per heavy atom. The van der Waals surface area contributed by atoms with Gasteiger partial charge in [-0.3, -0.25) is 4.90 Å². The van der Waals surface area contributed by atoms with E-state index in [1.807, 2.05) is 41.3 Å². The number of hydrogen-bond acceptors (Lipinski definition) is 6. The molecule has 5 atom stereocenters. The van der Waals surface area contributed by atoms with Gasteiger partial charge in [0.1, 0.15) is 17.5 Å². The van der Waals surface area contributed by atoms with E-state index in [2.05, 4.69) is 36.6 Å². The minimum atomic E-state index is -0.377. The Kier molecular flexibility index (Phi) is 7.44. The third-order valence-electron chi connectivity index (χ3n) is 7.35. The predicted octanol–water partition coefficient (Wildman–Crippen LogP) is 4.94. The van der Waals surface area contributed by atoms with E-state index in [9.17, 15) is 4.79 Å². The van der Waals surface area contributed by atoms with Gasteiger partial charge in [0.05, 0.1) is 13.2 Å². The van der Waals surface area contributed by atoms with Gasteiger partial charge in [-0.25, -0.2) is 4.79 Å². The summed E-state index contributed by atoms with van der Waals surface area (Å²) in [7, 11) is 0. The van der Waals surface area contributed by atoms with Crippen LogP contribution in [-0.2, 0) is 4.74 Å². The maximum Gasteiger partial charge on any atom is 0.411 e. The summed E-state index contributed by atoms with van der Waals surface area (Å²) < 4.78 is 17.6. The van der Waals surface area contributed by atoms with Crippen LogP contribution in [0.3, 0.4) is 0 Å². The highest BCUT2D eigenvalue weighted by Crippen LogP contribution is 2.46. The van der Waals surface area contributed by atoms with Crippen molar-refractivity contribution in [1.82, 2.24) is 15.5 Å². The molecule has 2 saturated heterocycles. The summed E-state index contributed by atoms with van der Waals surface area (Å²) in [5.41, 5.74) is 2.05. The van der Waals surface area contributed by atoms with Gasteiger partial charge in [-0.15, -0.1) is 0 Å². The quantitative estimate of drug-likeness (QED) is 0.531. The second-order valence-corrected chi connectivity index (χ2v) is 9.76. The molecule has 35 heavy (non-hydrogen) atoms. The summed E-state index contributed by atoms with van der Waals surface area (Å²) >= 11 is 0. The molecule has 2 aromatic rings. The lowest BCUT2D eigenvalue weighted by Gasteiger charge is -2.38. The van der Waals surface area contributed by atoms with E-state index in [1.54, 1.807) is 0 Å². The van der Waals surface area contributed by atoms with Crippen LogP contribution in [-0.4, -0.2) is 49.0 Å². The molecule has 0 bridgehead atoms. The highest BCUT2D eigenvalue weighted by molar-refractivity contribution is 5.72. The van der Waals surface area contributed by atoms with Gasteiger partial charge in [0.25, 0.3) is 0 Å². The summed E-state index contributed by atoms with van der Waals surface area (Å²) in [5, 5.41) is 7.08. The van der Waals surface area contributed by atoms with Gasteiger partial charge in [0, 0.05) is 24.8 Å². The average molecular weight is 480 g/mol. The molecule has 3 fully saturated rings. The maximum atomic E-state index is 13.4. The largest absolute Gasteiger partial charge is 0.494 e. The molecular weight excluding hydrogens is 442 g/mol. The van der Waals surface area contributed by atoms with E-state index in [0.29, 0.717) is 25.3 Å². The van der Waals surface area contributed by atoms with Crippen LogP contribution in [0.5, 0.6) is 11.5 Å². The molecule has 7 heteroatoms. The van der Waals surface area contributed by atoms with Gasteiger partial charge < -0.3 is 24.8 Å². The first-order chi connectivity index (χ1) is 17.2. The number of fused-ring (bicyclic) bond motifs is 1. The molecule has 5 rings (SSSR count). The molecule has 1 saturated carbocycles. The predicted molar refractivity (Wildman–Crippen MR) is 135 cm³/mol. The fraction of sp³-hybridized carbons (Fsp3) is 0.536. The number of carbonyl (C=O) groups excluding carboxylic acids is 1. The van der Waals surface area contributed by atoms with Crippen LogP contribution in [0.4, 0.5) is 4.79 Å². The summed E-state index contributed by atoms with van der Waals surface area (Å²) in [5.74, 6) is 1.69. The Balaban J connectivity index is 1.43. The van der Waals surface area contributed by atoms with E-state index in [1.165, 1.54) is 0 Å². The van der Waals surface area contributed by atoms with Crippen LogP contribution in [0.1, 0.15) is 69.2 Å². The number of nitrogens with zero attached hydrogens (tertiary/aromatic N) is 1. The van der Waals surface area contributed by atoms with Crippen molar-refractivity contribution in [3.63, 3.8) is 0 Å². The maximum absolute atomic E-state index is 13.4. The van der Waals surface area contributed by atoms with Crippen LogP contribution in [0.15, 0.2) is 48.5 Å². The number of amides is 1. The number of hydrogen-bond donors (Lipinski definition) is 2. The van der Waals surface area contributed by atoms with Gasteiger partial charge in [-0.05, 0) is 67.5 Å². The molecular formula is C28H37N3O4. The molecule has 1 amide bonds. The number of nitrogens with one attached hydrogen (secondary N) is 2. The fourth-order valence-electron chi connectivity index (χ4n) is 5.60. The zero-order chi connectivity index (χ0) is 24.2. The highest BCUT2D eigenvalue weighted by atomic mass is 16.6. The van der Waals surface area contributed by atoms with Crippen LogP contribution < -0.4 is 20.1 Å². The van der Waals surface area contributed by atoms with Crippen molar-refractivity contribution in [2.75, 3.05) is 19.9 Å². The number of carbonyl (C=O) groups is 1. The molecule has 3 aliphatic rings. The van der Waals surface area contributed by atoms with Crippen LogP contribution >= 0.6 is 0 Å². The molecule has 2 aromatic carbocycles. The lowest BCUT2D eigenvalue weighted by atomic mass is 9.85. The number of benzene rings is 2. The van der Waals surface area contributed by atoms with Crippen molar-refractivity contribution >= 4 is 6.09 Å². The van der Waals surface area contributed by atoms with Crippen LogP contribution in [0, 0.1) is 0 Å². The highest BCUT2D eigenvalue weighted by Gasteiger charge is 2.49. The first-order valence-electron chi connectivity index (χ1n) is 13.1. The molecule has 1 aliphatic carbocycles. The monoisotopic (exact) mass is 479 g/mol. The lowest BCUT2D eigenvalue weighted by molar-refractivity contribution is 0.120. The van der Waals surface area contributed by atoms with E-state index >= 15 is 0 Å². The van der Waals surface area contributed by atoms with Gasteiger partial charge in [-0.1, -0.05) is 38.1 Å².